The Morgan fingerprint density at radius 3 is 2.67 bits per heavy atom. The van der Waals surface area contributed by atoms with Crippen molar-refractivity contribution in [3.8, 4) is 0 Å². The van der Waals surface area contributed by atoms with Gasteiger partial charge >= 0.3 is 0 Å². The molecule has 1 heterocycles. The van der Waals surface area contributed by atoms with Gasteiger partial charge in [0, 0.05) is 43.2 Å². The first kappa shape index (κ1) is 19.7. The predicted molar refractivity (Wildman–Crippen MR) is 103 cm³/mol. The zero-order valence-corrected chi connectivity index (χ0v) is 16.2. The molecule has 1 N–H and O–H groups in total. The predicted octanol–water partition coefficient (Wildman–Crippen LogP) is 3.54. The van der Waals surface area contributed by atoms with E-state index < -0.39 is 0 Å². The fourth-order valence-corrected chi connectivity index (χ4v) is 3.85. The van der Waals surface area contributed by atoms with Crippen LogP contribution >= 0.6 is 11.6 Å². The molecule has 3 nitrogen and oxygen atoms in total. The van der Waals surface area contributed by atoms with Crippen molar-refractivity contribution in [2.24, 2.45) is 11.3 Å². The molecule has 1 saturated heterocycles. The summed E-state index contributed by atoms with van der Waals surface area (Å²) < 4.78 is 0. The second-order valence-electron chi connectivity index (χ2n) is 8.20. The molecular formula is C20H33ClN2O. The molecule has 0 amide bonds. The first-order chi connectivity index (χ1) is 11.4. The van der Waals surface area contributed by atoms with Gasteiger partial charge < -0.3 is 14.9 Å². The lowest BCUT2D eigenvalue weighted by Gasteiger charge is -2.36. The molecule has 1 fully saturated rings. The molecule has 2 rings (SSSR count). The minimum Gasteiger partial charge on any atom is -0.396 e. The van der Waals surface area contributed by atoms with Gasteiger partial charge in [-0.1, -0.05) is 37.6 Å². The Morgan fingerprint density at radius 1 is 1.29 bits per heavy atom. The normalized spacial score (nSPS) is 19.8. The van der Waals surface area contributed by atoms with E-state index in [1.165, 1.54) is 31.5 Å². The second kappa shape index (κ2) is 9.19. The van der Waals surface area contributed by atoms with Crippen LogP contribution in [0.1, 0.15) is 32.3 Å². The summed E-state index contributed by atoms with van der Waals surface area (Å²) in [7, 11) is 2.18. The fourth-order valence-electron chi connectivity index (χ4n) is 3.73. The molecule has 0 spiro atoms. The van der Waals surface area contributed by atoms with Crippen molar-refractivity contribution < 1.29 is 5.11 Å². The van der Waals surface area contributed by atoms with Crippen LogP contribution in [0.25, 0.3) is 0 Å². The number of aliphatic hydroxyl groups excluding tert-OH is 1. The van der Waals surface area contributed by atoms with E-state index in [9.17, 15) is 5.11 Å². The van der Waals surface area contributed by atoms with Gasteiger partial charge in [-0.25, -0.2) is 0 Å². The molecule has 0 saturated carbocycles. The van der Waals surface area contributed by atoms with Crippen LogP contribution in [0, 0.1) is 11.3 Å². The van der Waals surface area contributed by atoms with Crippen molar-refractivity contribution in [2.75, 3.05) is 46.4 Å². The zero-order valence-electron chi connectivity index (χ0n) is 15.5. The van der Waals surface area contributed by atoms with Gasteiger partial charge in [0.1, 0.15) is 0 Å². The van der Waals surface area contributed by atoms with Crippen LogP contribution in [0.2, 0.25) is 5.02 Å². The molecule has 1 aliphatic rings. The minimum absolute atomic E-state index is 0.0162. The van der Waals surface area contributed by atoms with Crippen molar-refractivity contribution in [1.82, 2.24) is 9.80 Å². The average molecular weight is 353 g/mol. The molecule has 0 aromatic heterocycles. The fraction of sp³-hybridized carbons (Fsp3) is 0.700. The number of aliphatic hydroxyl groups is 1. The quantitative estimate of drug-likeness (QED) is 0.775. The number of piperidine rings is 1. The highest BCUT2D eigenvalue weighted by atomic mass is 35.5. The van der Waals surface area contributed by atoms with Crippen molar-refractivity contribution in [3.63, 3.8) is 0 Å². The molecule has 1 aromatic carbocycles. The van der Waals surface area contributed by atoms with Gasteiger partial charge in [0.25, 0.3) is 0 Å². The molecule has 4 heteroatoms. The SMILES string of the molecule is CN(C[C@@H]1CCCN(CCc2ccc(Cl)cc2)C1)CC(C)(C)CO. The molecule has 1 aromatic rings. The zero-order chi connectivity index (χ0) is 17.6. The molecule has 1 aliphatic heterocycles. The molecule has 136 valence electrons. The Morgan fingerprint density at radius 2 is 2.00 bits per heavy atom. The Hall–Kier alpha value is -0.610. The molecule has 0 bridgehead atoms. The second-order valence-corrected chi connectivity index (χ2v) is 8.64. The van der Waals surface area contributed by atoms with Crippen molar-refractivity contribution in [3.05, 3.63) is 34.9 Å². The van der Waals surface area contributed by atoms with Crippen molar-refractivity contribution in [2.45, 2.75) is 33.1 Å². The van der Waals surface area contributed by atoms with Gasteiger partial charge in [-0.05, 0) is 56.5 Å². The smallest absolute Gasteiger partial charge is 0.0494 e. The number of rotatable bonds is 8. The summed E-state index contributed by atoms with van der Waals surface area (Å²) >= 11 is 5.95. The highest BCUT2D eigenvalue weighted by Gasteiger charge is 2.24. The largest absolute Gasteiger partial charge is 0.396 e. The van der Waals surface area contributed by atoms with Gasteiger partial charge in [0.15, 0.2) is 0 Å². The highest BCUT2D eigenvalue weighted by Crippen LogP contribution is 2.21. The van der Waals surface area contributed by atoms with Gasteiger partial charge in [-0.15, -0.1) is 0 Å². The standard InChI is InChI=1S/C20H33ClN2O/c1-20(2,16-24)15-22(3)13-18-5-4-11-23(14-18)12-10-17-6-8-19(21)9-7-17/h6-9,18,24H,4-5,10-16H2,1-3H3/t18-/m0/s1. The van der Waals surface area contributed by atoms with E-state index in [4.69, 9.17) is 11.6 Å². The van der Waals surface area contributed by atoms with Gasteiger partial charge in [-0.3, -0.25) is 0 Å². The van der Waals surface area contributed by atoms with E-state index in [2.05, 4.69) is 42.8 Å². The van der Waals surface area contributed by atoms with Crippen LogP contribution in [-0.2, 0) is 6.42 Å². The van der Waals surface area contributed by atoms with Gasteiger partial charge in [0.05, 0.1) is 0 Å². The average Bonchev–Trinajstić information content (AvgIpc) is 2.54. The lowest BCUT2D eigenvalue weighted by atomic mass is 9.92. The molecular weight excluding hydrogens is 320 g/mol. The lowest BCUT2D eigenvalue weighted by Crippen LogP contribution is -2.43. The van der Waals surface area contributed by atoms with Crippen LogP contribution in [-0.4, -0.2) is 61.3 Å². The van der Waals surface area contributed by atoms with Crippen molar-refractivity contribution >= 4 is 11.6 Å². The first-order valence-corrected chi connectivity index (χ1v) is 9.52. The van der Waals surface area contributed by atoms with E-state index in [1.807, 2.05) is 12.1 Å². The topological polar surface area (TPSA) is 26.7 Å². The van der Waals surface area contributed by atoms with Crippen molar-refractivity contribution in [1.29, 1.82) is 0 Å². The molecule has 24 heavy (non-hydrogen) atoms. The third kappa shape index (κ3) is 6.72. The highest BCUT2D eigenvalue weighted by molar-refractivity contribution is 6.30. The maximum absolute atomic E-state index is 9.44. The van der Waals surface area contributed by atoms with Crippen LogP contribution in [0.4, 0.5) is 0 Å². The van der Waals surface area contributed by atoms with E-state index in [0.29, 0.717) is 0 Å². The third-order valence-electron chi connectivity index (χ3n) is 4.93. The van der Waals surface area contributed by atoms with E-state index in [-0.39, 0.29) is 12.0 Å². The van der Waals surface area contributed by atoms with E-state index >= 15 is 0 Å². The number of hydrogen-bond donors (Lipinski definition) is 1. The Balaban J connectivity index is 1.75. The minimum atomic E-state index is -0.0162. The summed E-state index contributed by atoms with van der Waals surface area (Å²) in [5.74, 6) is 0.739. The maximum Gasteiger partial charge on any atom is 0.0494 e. The third-order valence-corrected chi connectivity index (χ3v) is 5.18. The van der Waals surface area contributed by atoms with Crippen LogP contribution < -0.4 is 0 Å². The summed E-state index contributed by atoms with van der Waals surface area (Å²) in [6.45, 7) is 10.1. The monoisotopic (exact) mass is 352 g/mol. The van der Waals surface area contributed by atoms with Crippen LogP contribution in [0.5, 0.6) is 0 Å². The van der Waals surface area contributed by atoms with Crippen LogP contribution in [0.15, 0.2) is 24.3 Å². The lowest BCUT2D eigenvalue weighted by molar-refractivity contribution is 0.0907. The number of benzene rings is 1. The summed E-state index contributed by atoms with van der Waals surface area (Å²) in [5.41, 5.74) is 1.35. The Bertz CT molecular complexity index is 489. The number of likely N-dealkylation sites (tertiary alicyclic amines) is 1. The van der Waals surface area contributed by atoms with E-state index in [1.54, 1.807) is 0 Å². The van der Waals surface area contributed by atoms with Gasteiger partial charge in [0.2, 0.25) is 0 Å². The maximum atomic E-state index is 9.44. The summed E-state index contributed by atoms with van der Waals surface area (Å²) in [4.78, 5) is 5.00. The summed E-state index contributed by atoms with van der Waals surface area (Å²) in [6.07, 6.45) is 3.71. The number of nitrogens with zero attached hydrogens (tertiary/aromatic N) is 2. The molecule has 0 radical (unpaired) electrons. The Kier molecular flexibility index (Phi) is 7.55. The van der Waals surface area contributed by atoms with E-state index in [0.717, 1.165) is 37.0 Å². The molecule has 0 aliphatic carbocycles. The van der Waals surface area contributed by atoms with Crippen LogP contribution in [0.3, 0.4) is 0 Å². The number of halogens is 1. The van der Waals surface area contributed by atoms with Gasteiger partial charge in [-0.2, -0.15) is 0 Å². The Labute approximate surface area is 152 Å². The number of hydrogen-bond acceptors (Lipinski definition) is 3. The molecule has 0 unspecified atom stereocenters. The summed E-state index contributed by atoms with van der Waals surface area (Å²) in [6, 6.07) is 8.23. The first-order valence-electron chi connectivity index (χ1n) is 9.14. The molecule has 1 atom stereocenters. The summed E-state index contributed by atoms with van der Waals surface area (Å²) in [5, 5.41) is 10.3.